The number of Topliss-reactive ketones (excluding diaryl/α,β-unsaturated/α-hetero) is 1. The first-order chi connectivity index (χ1) is 14.1. The van der Waals surface area contributed by atoms with Crippen LogP contribution in [-0.4, -0.2) is 40.5 Å². The number of benzene rings is 2. The molecule has 0 radical (unpaired) electrons. The first-order valence-electron chi connectivity index (χ1n) is 8.76. The molecule has 0 amide bonds. The van der Waals surface area contributed by atoms with E-state index in [-0.39, 0.29) is 22.8 Å². The van der Waals surface area contributed by atoms with E-state index < -0.39 is 5.82 Å². The third kappa shape index (κ3) is 4.48. The molecule has 3 rings (SSSR count). The van der Waals surface area contributed by atoms with Gasteiger partial charge < -0.3 is 9.47 Å². The zero-order chi connectivity index (χ0) is 20.8. The summed E-state index contributed by atoms with van der Waals surface area (Å²) < 4.78 is 26.0. The molecule has 0 atom stereocenters. The number of allylic oxidation sites excluding steroid dienone is 1. The molecule has 0 fully saturated rings. The third-order valence-electron chi connectivity index (χ3n) is 4.18. The van der Waals surface area contributed by atoms with Gasteiger partial charge >= 0.3 is 0 Å². The smallest absolute Gasteiger partial charge is 0.192 e. The molecule has 6 nitrogen and oxygen atoms in total. The Kier molecular flexibility index (Phi) is 6.66. The van der Waals surface area contributed by atoms with Crippen LogP contribution in [0.25, 0.3) is 11.4 Å². The summed E-state index contributed by atoms with van der Waals surface area (Å²) in [6, 6.07) is 11.7. The first kappa shape index (κ1) is 20.6. The zero-order valence-corrected chi connectivity index (χ0v) is 16.9. The van der Waals surface area contributed by atoms with Crippen LogP contribution in [0.2, 0.25) is 0 Å². The van der Waals surface area contributed by atoms with E-state index in [4.69, 9.17) is 9.47 Å². The lowest BCUT2D eigenvalue weighted by atomic mass is 10.1. The van der Waals surface area contributed by atoms with E-state index in [1.807, 2.05) is 28.8 Å². The number of para-hydroxylation sites is 1. The number of hydrogen-bond acceptors (Lipinski definition) is 6. The number of carbonyl (C=O) groups is 1. The monoisotopic (exact) mass is 413 g/mol. The summed E-state index contributed by atoms with van der Waals surface area (Å²) in [5, 5.41) is 9.06. The topological polar surface area (TPSA) is 66.2 Å². The Hall–Kier alpha value is -3.13. The van der Waals surface area contributed by atoms with Crippen LogP contribution in [0, 0.1) is 5.82 Å². The lowest BCUT2D eigenvalue weighted by Gasteiger charge is -2.10. The fourth-order valence-corrected chi connectivity index (χ4v) is 3.61. The van der Waals surface area contributed by atoms with Gasteiger partial charge in [-0.15, -0.1) is 16.8 Å². The number of nitrogens with zero attached hydrogens (tertiary/aromatic N) is 3. The molecule has 0 saturated heterocycles. The molecular formula is C21H20FN3O3S. The molecule has 0 aliphatic heterocycles. The molecule has 150 valence electrons. The van der Waals surface area contributed by atoms with Gasteiger partial charge in [-0.2, -0.15) is 0 Å². The molecule has 0 spiro atoms. The molecule has 8 heteroatoms. The van der Waals surface area contributed by atoms with Crippen LogP contribution < -0.4 is 9.47 Å². The van der Waals surface area contributed by atoms with E-state index >= 15 is 0 Å². The molecule has 2 aromatic carbocycles. The van der Waals surface area contributed by atoms with Crippen molar-refractivity contribution in [3.05, 3.63) is 66.5 Å². The number of ketones is 1. The second-order valence-corrected chi connectivity index (χ2v) is 6.91. The van der Waals surface area contributed by atoms with Gasteiger partial charge in [0.1, 0.15) is 5.75 Å². The number of rotatable bonds is 9. The molecule has 3 aromatic rings. The molecule has 0 saturated carbocycles. The predicted molar refractivity (Wildman–Crippen MR) is 110 cm³/mol. The standard InChI is InChI=1S/C21H20FN3O3S/c1-4-11-25-20(15-7-5-6-8-18(15)27-2)23-24-21(25)29-13-17(26)14-9-10-19(28-3)16(22)12-14/h4-10,12H,1,11,13H2,2-3H3. The molecule has 0 unspecified atom stereocenters. The van der Waals surface area contributed by atoms with E-state index in [9.17, 15) is 9.18 Å². The summed E-state index contributed by atoms with van der Waals surface area (Å²) in [7, 11) is 2.97. The van der Waals surface area contributed by atoms with Crippen molar-refractivity contribution in [3.63, 3.8) is 0 Å². The second kappa shape index (κ2) is 9.38. The van der Waals surface area contributed by atoms with Gasteiger partial charge in [-0.3, -0.25) is 9.36 Å². The first-order valence-corrected chi connectivity index (χ1v) is 9.74. The van der Waals surface area contributed by atoms with Gasteiger partial charge in [0.25, 0.3) is 0 Å². The average molecular weight is 413 g/mol. The zero-order valence-electron chi connectivity index (χ0n) is 16.1. The summed E-state index contributed by atoms with van der Waals surface area (Å²) >= 11 is 1.23. The van der Waals surface area contributed by atoms with E-state index in [2.05, 4.69) is 16.8 Å². The molecule has 1 aromatic heterocycles. The maximum Gasteiger partial charge on any atom is 0.192 e. The molecule has 0 aliphatic carbocycles. The summed E-state index contributed by atoms with van der Waals surface area (Å²) in [5.41, 5.74) is 1.07. The number of hydrogen-bond donors (Lipinski definition) is 0. The lowest BCUT2D eigenvalue weighted by molar-refractivity contribution is 0.102. The molecule has 1 heterocycles. The van der Waals surface area contributed by atoms with Crippen molar-refractivity contribution in [3.8, 4) is 22.9 Å². The van der Waals surface area contributed by atoms with E-state index in [1.165, 1.54) is 31.0 Å². The van der Waals surface area contributed by atoms with E-state index in [0.29, 0.717) is 23.3 Å². The van der Waals surface area contributed by atoms with Gasteiger partial charge in [-0.25, -0.2) is 4.39 Å². The molecule has 0 aliphatic rings. The van der Waals surface area contributed by atoms with E-state index in [1.54, 1.807) is 19.3 Å². The number of halogens is 1. The van der Waals surface area contributed by atoms with Gasteiger partial charge in [0.05, 0.1) is 25.5 Å². The maximum atomic E-state index is 13.9. The van der Waals surface area contributed by atoms with Crippen LogP contribution >= 0.6 is 11.8 Å². The summed E-state index contributed by atoms with van der Waals surface area (Å²) in [6.45, 7) is 4.25. The lowest BCUT2D eigenvalue weighted by Crippen LogP contribution is -2.06. The maximum absolute atomic E-state index is 13.9. The molecular weight excluding hydrogens is 393 g/mol. The average Bonchev–Trinajstić information content (AvgIpc) is 3.14. The minimum Gasteiger partial charge on any atom is -0.496 e. The number of ether oxygens (including phenoxy) is 2. The summed E-state index contributed by atoms with van der Waals surface area (Å²) in [6.07, 6.45) is 1.73. The second-order valence-electron chi connectivity index (χ2n) is 5.97. The SMILES string of the molecule is C=CCn1c(SCC(=O)c2ccc(OC)c(F)c2)nnc1-c1ccccc1OC. The van der Waals surface area contributed by atoms with Crippen molar-refractivity contribution in [2.24, 2.45) is 0 Å². The Morgan fingerprint density at radius 1 is 1.17 bits per heavy atom. The Morgan fingerprint density at radius 3 is 2.62 bits per heavy atom. The molecule has 0 N–H and O–H groups in total. The highest BCUT2D eigenvalue weighted by Crippen LogP contribution is 2.31. The fourth-order valence-electron chi connectivity index (χ4n) is 2.77. The Morgan fingerprint density at radius 2 is 1.93 bits per heavy atom. The van der Waals surface area contributed by atoms with Crippen LogP contribution in [-0.2, 0) is 6.54 Å². The largest absolute Gasteiger partial charge is 0.496 e. The summed E-state index contributed by atoms with van der Waals surface area (Å²) in [5.74, 6) is 0.688. The highest BCUT2D eigenvalue weighted by atomic mass is 32.2. The third-order valence-corrected chi connectivity index (χ3v) is 5.15. The quantitative estimate of drug-likeness (QED) is 0.297. The minimum atomic E-state index is -0.573. The number of aromatic nitrogens is 3. The van der Waals surface area contributed by atoms with Crippen LogP contribution in [0.15, 0.2) is 60.3 Å². The molecule has 29 heavy (non-hydrogen) atoms. The normalized spacial score (nSPS) is 10.6. The van der Waals surface area contributed by atoms with Crippen LogP contribution in [0.5, 0.6) is 11.5 Å². The highest BCUT2D eigenvalue weighted by molar-refractivity contribution is 7.99. The van der Waals surface area contributed by atoms with Crippen molar-refractivity contribution < 1.29 is 18.7 Å². The Labute approximate surface area is 172 Å². The molecule has 0 bridgehead atoms. The van der Waals surface area contributed by atoms with Crippen molar-refractivity contribution >= 4 is 17.5 Å². The van der Waals surface area contributed by atoms with Crippen molar-refractivity contribution in [2.75, 3.05) is 20.0 Å². The van der Waals surface area contributed by atoms with Gasteiger partial charge in [-0.1, -0.05) is 30.0 Å². The predicted octanol–water partition coefficient (Wildman–Crippen LogP) is 4.26. The van der Waals surface area contributed by atoms with Gasteiger partial charge in [0.2, 0.25) is 0 Å². The highest BCUT2D eigenvalue weighted by Gasteiger charge is 2.18. The van der Waals surface area contributed by atoms with Crippen molar-refractivity contribution in [1.29, 1.82) is 0 Å². The van der Waals surface area contributed by atoms with Crippen LogP contribution in [0.3, 0.4) is 0 Å². The van der Waals surface area contributed by atoms with Crippen molar-refractivity contribution in [2.45, 2.75) is 11.7 Å². The van der Waals surface area contributed by atoms with Crippen molar-refractivity contribution in [1.82, 2.24) is 14.8 Å². The Balaban J connectivity index is 1.82. The van der Waals surface area contributed by atoms with Gasteiger partial charge in [0.15, 0.2) is 28.3 Å². The Bertz CT molecular complexity index is 1040. The minimum absolute atomic E-state index is 0.0902. The van der Waals surface area contributed by atoms with Crippen LogP contribution in [0.4, 0.5) is 4.39 Å². The number of carbonyl (C=O) groups excluding carboxylic acids is 1. The van der Waals surface area contributed by atoms with E-state index in [0.717, 1.165) is 5.56 Å². The summed E-state index contributed by atoms with van der Waals surface area (Å²) in [4.78, 5) is 12.5. The van der Waals surface area contributed by atoms with Crippen LogP contribution in [0.1, 0.15) is 10.4 Å². The number of methoxy groups -OCH3 is 2. The van der Waals surface area contributed by atoms with Gasteiger partial charge in [0, 0.05) is 12.1 Å². The fraction of sp³-hybridized carbons (Fsp3) is 0.190. The van der Waals surface area contributed by atoms with Gasteiger partial charge in [-0.05, 0) is 30.3 Å². The number of thioether (sulfide) groups is 1.